The molecule has 19 heavy (non-hydrogen) atoms. The second kappa shape index (κ2) is 7.58. The molecule has 0 aromatic heterocycles. The Balaban J connectivity index is 0.00000180. The number of rotatable bonds is 5. The van der Waals surface area contributed by atoms with Crippen molar-refractivity contribution in [2.24, 2.45) is 11.7 Å². The number of halogens is 1. The number of hydrogen-bond donors (Lipinski definition) is 1. The highest BCUT2D eigenvalue weighted by Crippen LogP contribution is 2.25. The van der Waals surface area contributed by atoms with E-state index >= 15 is 0 Å². The first kappa shape index (κ1) is 16.1. The monoisotopic (exact) mass is 286 g/mol. The second-order valence-corrected chi connectivity index (χ2v) is 4.85. The van der Waals surface area contributed by atoms with Crippen molar-refractivity contribution < 1.29 is 9.47 Å². The smallest absolute Gasteiger partial charge is 0.122 e. The van der Waals surface area contributed by atoms with Crippen molar-refractivity contribution in [3.8, 4) is 11.5 Å². The van der Waals surface area contributed by atoms with Gasteiger partial charge < -0.3 is 15.2 Å². The van der Waals surface area contributed by atoms with E-state index < -0.39 is 0 Å². The summed E-state index contributed by atoms with van der Waals surface area (Å²) >= 11 is 0. The van der Waals surface area contributed by atoms with Gasteiger partial charge in [0.15, 0.2) is 0 Å². The number of benzene rings is 1. The molecule has 0 bridgehead atoms. The lowest BCUT2D eigenvalue weighted by molar-refractivity contribution is 0.315. The van der Waals surface area contributed by atoms with E-state index in [1.807, 2.05) is 6.07 Å². The average Bonchev–Trinajstić information content (AvgIpc) is 2.85. The van der Waals surface area contributed by atoms with Crippen LogP contribution in [0.4, 0.5) is 0 Å². The summed E-state index contributed by atoms with van der Waals surface area (Å²) in [7, 11) is 3.36. The highest BCUT2D eigenvalue weighted by molar-refractivity contribution is 5.85. The third kappa shape index (κ3) is 4.27. The molecule has 1 aromatic carbocycles. The maximum absolute atomic E-state index is 5.71. The van der Waals surface area contributed by atoms with Crippen molar-refractivity contribution in [3.05, 3.63) is 23.8 Å². The molecule has 5 heteroatoms. The average molecular weight is 287 g/mol. The van der Waals surface area contributed by atoms with Gasteiger partial charge in [-0.3, -0.25) is 4.90 Å². The number of hydrogen-bond acceptors (Lipinski definition) is 4. The quantitative estimate of drug-likeness (QED) is 0.898. The Bertz CT molecular complexity index is 379. The summed E-state index contributed by atoms with van der Waals surface area (Å²) < 4.78 is 10.6. The van der Waals surface area contributed by atoms with Crippen molar-refractivity contribution in [1.82, 2.24) is 4.90 Å². The van der Waals surface area contributed by atoms with Crippen LogP contribution in [0.5, 0.6) is 11.5 Å². The third-order valence-electron chi connectivity index (χ3n) is 3.52. The normalized spacial score (nSPS) is 19.0. The SMILES string of the molecule is COc1cc(CN2CCC(CN)C2)cc(OC)c1.Cl. The molecule has 1 unspecified atom stereocenters. The molecular weight excluding hydrogens is 264 g/mol. The molecule has 2 rings (SSSR count). The van der Waals surface area contributed by atoms with Crippen LogP contribution in [-0.4, -0.2) is 38.8 Å². The molecular formula is C14H23ClN2O2. The van der Waals surface area contributed by atoms with Crippen LogP contribution in [0.1, 0.15) is 12.0 Å². The first-order valence-corrected chi connectivity index (χ1v) is 6.39. The van der Waals surface area contributed by atoms with Crippen LogP contribution in [0.2, 0.25) is 0 Å². The Labute approximate surface area is 121 Å². The van der Waals surface area contributed by atoms with Crippen molar-refractivity contribution in [1.29, 1.82) is 0 Å². The maximum atomic E-state index is 5.71. The summed E-state index contributed by atoms with van der Waals surface area (Å²) in [5.41, 5.74) is 6.94. The van der Waals surface area contributed by atoms with Crippen LogP contribution in [0.15, 0.2) is 18.2 Å². The van der Waals surface area contributed by atoms with Gasteiger partial charge in [-0.25, -0.2) is 0 Å². The van der Waals surface area contributed by atoms with E-state index in [1.165, 1.54) is 12.0 Å². The summed E-state index contributed by atoms with van der Waals surface area (Å²) in [6, 6.07) is 6.03. The predicted molar refractivity (Wildman–Crippen MR) is 79.2 cm³/mol. The largest absolute Gasteiger partial charge is 0.497 e. The van der Waals surface area contributed by atoms with Crippen LogP contribution in [0.25, 0.3) is 0 Å². The lowest BCUT2D eigenvalue weighted by Crippen LogP contribution is -2.22. The van der Waals surface area contributed by atoms with Gasteiger partial charge in [0, 0.05) is 19.2 Å². The van der Waals surface area contributed by atoms with Gasteiger partial charge in [0.25, 0.3) is 0 Å². The topological polar surface area (TPSA) is 47.7 Å². The highest BCUT2D eigenvalue weighted by atomic mass is 35.5. The van der Waals surface area contributed by atoms with Crippen molar-refractivity contribution in [2.45, 2.75) is 13.0 Å². The molecule has 1 atom stereocenters. The molecule has 108 valence electrons. The zero-order valence-corrected chi connectivity index (χ0v) is 12.4. The van der Waals surface area contributed by atoms with Gasteiger partial charge in [0.2, 0.25) is 0 Å². The summed E-state index contributed by atoms with van der Waals surface area (Å²) in [6.45, 7) is 3.94. The molecule has 0 amide bonds. The summed E-state index contributed by atoms with van der Waals surface area (Å²) in [4.78, 5) is 2.44. The summed E-state index contributed by atoms with van der Waals surface area (Å²) in [5.74, 6) is 2.34. The standard InChI is InChI=1S/C14H22N2O2.ClH/c1-17-13-5-12(6-14(7-13)18-2)10-16-4-3-11(8-15)9-16;/h5-7,11H,3-4,8-10,15H2,1-2H3;1H. The number of nitrogens with two attached hydrogens (primary N) is 1. The fraction of sp³-hybridized carbons (Fsp3) is 0.571. The first-order chi connectivity index (χ1) is 8.75. The fourth-order valence-electron chi connectivity index (χ4n) is 2.46. The molecule has 2 N–H and O–H groups in total. The van der Waals surface area contributed by atoms with Crippen molar-refractivity contribution in [2.75, 3.05) is 33.9 Å². The molecule has 4 nitrogen and oxygen atoms in total. The predicted octanol–water partition coefficient (Wildman–Crippen LogP) is 1.91. The lowest BCUT2D eigenvalue weighted by Gasteiger charge is -2.17. The molecule has 1 aliphatic rings. The maximum Gasteiger partial charge on any atom is 0.122 e. The number of nitrogens with zero attached hydrogens (tertiary/aromatic N) is 1. The lowest BCUT2D eigenvalue weighted by atomic mass is 10.1. The van der Waals surface area contributed by atoms with E-state index in [2.05, 4.69) is 17.0 Å². The van der Waals surface area contributed by atoms with Crippen LogP contribution in [0, 0.1) is 5.92 Å². The van der Waals surface area contributed by atoms with E-state index in [4.69, 9.17) is 15.2 Å². The molecule has 1 aliphatic heterocycles. The number of likely N-dealkylation sites (tertiary alicyclic amines) is 1. The van der Waals surface area contributed by atoms with Crippen LogP contribution in [0.3, 0.4) is 0 Å². The van der Waals surface area contributed by atoms with Gasteiger partial charge in [-0.2, -0.15) is 0 Å². The van der Waals surface area contributed by atoms with Gasteiger partial charge in [0.1, 0.15) is 11.5 Å². The Hall–Kier alpha value is -0.970. The molecule has 1 heterocycles. The number of methoxy groups -OCH3 is 2. The molecule has 1 aromatic rings. The summed E-state index contributed by atoms with van der Waals surface area (Å²) in [6.07, 6.45) is 1.21. The minimum absolute atomic E-state index is 0. The van der Waals surface area contributed by atoms with Gasteiger partial charge in [-0.15, -0.1) is 12.4 Å². The Morgan fingerprint density at radius 1 is 1.21 bits per heavy atom. The summed E-state index contributed by atoms with van der Waals surface area (Å²) in [5, 5.41) is 0. The molecule has 1 saturated heterocycles. The zero-order valence-electron chi connectivity index (χ0n) is 11.6. The van der Waals surface area contributed by atoms with Gasteiger partial charge in [-0.05, 0) is 43.1 Å². The number of ether oxygens (including phenoxy) is 2. The van der Waals surface area contributed by atoms with Gasteiger partial charge in [-0.1, -0.05) is 0 Å². The highest BCUT2D eigenvalue weighted by Gasteiger charge is 2.21. The minimum Gasteiger partial charge on any atom is -0.497 e. The molecule has 1 fully saturated rings. The molecule has 0 spiro atoms. The Kier molecular flexibility index (Phi) is 6.42. The van der Waals surface area contributed by atoms with Crippen LogP contribution >= 0.6 is 12.4 Å². The van der Waals surface area contributed by atoms with E-state index in [0.29, 0.717) is 5.92 Å². The third-order valence-corrected chi connectivity index (χ3v) is 3.52. The Morgan fingerprint density at radius 2 is 1.84 bits per heavy atom. The minimum atomic E-state index is 0. The van der Waals surface area contributed by atoms with Crippen molar-refractivity contribution >= 4 is 12.4 Å². The molecule has 0 radical (unpaired) electrons. The zero-order chi connectivity index (χ0) is 13.0. The van der Waals surface area contributed by atoms with E-state index in [0.717, 1.165) is 37.7 Å². The first-order valence-electron chi connectivity index (χ1n) is 6.39. The fourth-order valence-corrected chi connectivity index (χ4v) is 2.46. The van der Waals surface area contributed by atoms with E-state index in [-0.39, 0.29) is 12.4 Å². The van der Waals surface area contributed by atoms with Crippen LogP contribution in [-0.2, 0) is 6.54 Å². The second-order valence-electron chi connectivity index (χ2n) is 4.85. The van der Waals surface area contributed by atoms with Gasteiger partial charge in [0.05, 0.1) is 14.2 Å². The molecule has 0 aliphatic carbocycles. The van der Waals surface area contributed by atoms with Crippen molar-refractivity contribution in [3.63, 3.8) is 0 Å². The van der Waals surface area contributed by atoms with E-state index in [9.17, 15) is 0 Å². The van der Waals surface area contributed by atoms with Gasteiger partial charge >= 0.3 is 0 Å². The van der Waals surface area contributed by atoms with Crippen LogP contribution < -0.4 is 15.2 Å². The van der Waals surface area contributed by atoms with E-state index in [1.54, 1.807) is 14.2 Å². The molecule has 0 saturated carbocycles. The Morgan fingerprint density at radius 3 is 2.32 bits per heavy atom.